The molecule has 132 valence electrons. The van der Waals surface area contributed by atoms with Crippen LogP contribution in [0.1, 0.15) is 12.5 Å². The minimum absolute atomic E-state index is 0.241. The normalized spacial score (nSPS) is 11.5. The van der Waals surface area contributed by atoms with Crippen molar-refractivity contribution in [2.45, 2.75) is 20.0 Å². The predicted octanol–water partition coefficient (Wildman–Crippen LogP) is 5.19. The van der Waals surface area contributed by atoms with Gasteiger partial charge in [-0.2, -0.15) is 0 Å². The maximum atomic E-state index is 12.5. The van der Waals surface area contributed by atoms with Crippen molar-refractivity contribution in [1.82, 2.24) is 0 Å². The summed E-state index contributed by atoms with van der Waals surface area (Å²) in [6, 6.07) is 24.4. The molecule has 0 fully saturated rings. The highest BCUT2D eigenvalue weighted by Crippen LogP contribution is 2.29. The van der Waals surface area contributed by atoms with Crippen LogP contribution in [0.5, 0.6) is 17.2 Å². The van der Waals surface area contributed by atoms with Crippen molar-refractivity contribution >= 4 is 11.6 Å². The number of carbonyl (C=O) groups excluding carboxylic acids is 1. The monoisotopic (exact) mass is 347 g/mol. The van der Waals surface area contributed by atoms with Crippen molar-refractivity contribution in [1.29, 1.82) is 0 Å². The number of hydrogen-bond acceptors (Lipinski definition) is 3. The van der Waals surface area contributed by atoms with Crippen LogP contribution in [0.25, 0.3) is 0 Å². The minimum Gasteiger partial charge on any atom is -0.481 e. The van der Waals surface area contributed by atoms with E-state index in [-0.39, 0.29) is 5.91 Å². The molecule has 0 heterocycles. The van der Waals surface area contributed by atoms with E-state index in [0.29, 0.717) is 22.9 Å². The molecule has 0 saturated heterocycles. The fraction of sp³-hybridized carbons (Fsp3) is 0.136. The van der Waals surface area contributed by atoms with Crippen LogP contribution in [0, 0.1) is 6.92 Å². The Labute approximate surface area is 153 Å². The molecule has 26 heavy (non-hydrogen) atoms. The van der Waals surface area contributed by atoms with Crippen LogP contribution < -0.4 is 14.8 Å². The van der Waals surface area contributed by atoms with Crippen LogP contribution in [0.3, 0.4) is 0 Å². The third-order valence-corrected chi connectivity index (χ3v) is 3.82. The summed E-state index contributed by atoms with van der Waals surface area (Å²) >= 11 is 0. The smallest absolute Gasteiger partial charge is 0.265 e. The summed E-state index contributed by atoms with van der Waals surface area (Å²) in [6.45, 7) is 3.72. The number of amides is 1. The van der Waals surface area contributed by atoms with Gasteiger partial charge in [0.25, 0.3) is 5.91 Å². The number of ether oxygens (including phenoxy) is 2. The standard InChI is InChI=1S/C22H21NO3/c1-16-12-14-19(15-13-16)25-17(2)22(24)23-20-10-6-7-11-21(20)26-18-8-4-3-5-9-18/h3-15,17H,1-2H3,(H,23,24)/t17-/m1/s1. The van der Waals surface area contributed by atoms with E-state index < -0.39 is 6.10 Å². The first-order chi connectivity index (χ1) is 12.6. The molecule has 3 aromatic rings. The molecule has 1 atom stereocenters. The van der Waals surface area contributed by atoms with Crippen molar-refractivity contribution in [2.24, 2.45) is 0 Å². The molecule has 4 heteroatoms. The van der Waals surface area contributed by atoms with Crippen LogP contribution in [-0.4, -0.2) is 12.0 Å². The van der Waals surface area contributed by atoms with Gasteiger partial charge in [-0.05, 0) is 50.2 Å². The topological polar surface area (TPSA) is 47.6 Å². The third-order valence-electron chi connectivity index (χ3n) is 3.82. The second kappa shape index (κ2) is 8.21. The molecule has 0 aliphatic heterocycles. The first-order valence-electron chi connectivity index (χ1n) is 8.48. The summed E-state index contributed by atoms with van der Waals surface area (Å²) in [7, 11) is 0. The molecule has 4 nitrogen and oxygen atoms in total. The van der Waals surface area contributed by atoms with Crippen molar-refractivity contribution < 1.29 is 14.3 Å². The summed E-state index contributed by atoms with van der Waals surface area (Å²) in [5.41, 5.74) is 1.74. The van der Waals surface area contributed by atoms with Gasteiger partial charge >= 0.3 is 0 Å². The quantitative estimate of drug-likeness (QED) is 0.667. The van der Waals surface area contributed by atoms with Crippen LogP contribution in [0.4, 0.5) is 5.69 Å². The highest BCUT2D eigenvalue weighted by atomic mass is 16.5. The zero-order chi connectivity index (χ0) is 18.4. The first kappa shape index (κ1) is 17.5. The molecule has 0 spiro atoms. The molecule has 0 unspecified atom stereocenters. The van der Waals surface area contributed by atoms with Gasteiger partial charge in [-0.25, -0.2) is 0 Å². The Balaban J connectivity index is 1.68. The molecular formula is C22H21NO3. The number of para-hydroxylation sites is 3. The van der Waals surface area contributed by atoms with Gasteiger partial charge in [0.05, 0.1) is 5.69 Å². The van der Waals surface area contributed by atoms with E-state index in [1.807, 2.05) is 79.7 Å². The lowest BCUT2D eigenvalue weighted by atomic mass is 10.2. The van der Waals surface area contributed by atoms with Crippen molar-refractivity contribution in [3.63, 3.8) is 0 Å². The van der Waals surface area contributed by atoms with Gasteiger partial charge in [0.15, 0.2) is 11.9 Å². The number of nitrogens with one attached hydrogen (secondary N) is 1. The SMILES string of the molecule is Cc1ccc(O[C@H](C)C(=O)Nc2ccccc2Oc2ccccc2)cc1. The van der Waals surface area contributed by atoms with Gasteiger partial charge in [-0.1, -0.05) is 48.0 Å². The molecule has 3 rings (SSSR count). The van der Waals surface area contributed by atoms with Crippen LogP contribution in [0.15, 0.2) is 78.9 Å². The van der Waals surface area contributed by atoms with E-state index in [4.69, 9.17) is 9.47 Å². The summed E-state index contributed by atoms with van der Waals surface area (Å²) in [6.07, 6.45) is -0.637. The molecule has 0 aliphatic rings. The lowest BCUT2D eigenvalue weighted by molar-refractivity contribution is -0.122. The van der Waals surface area contributed by atoms with Gasteiger partial charge in [0.2, 0.25) is 0 Å². The van der Waals surface area contributed by atoms with Crippen molar-refractivity contribution in [2.75, 3.05) is 5.32 Å². The maximum absolute atomic E-state index is 12.5. The molecule has 0 aromatic heterocycles. The summed E-state index contributed by atoms with van der Waals surface area (Å²) in [5, 5.41) is 2.87. The molecule has 0 radical (unpaired) electrons. The van der Waals surface area contributed by atoms with E-state index in [2.05, 4.69) is 5.32 Å². The largest absolute Gasteiger partial charge is 0.481 e. The van der Waals surface area contributed by atoms with E-state index in [0.717, 1.165) is 5.56 Å². The molecular weight excluding hydrogens is 326 g/mol. The van der Waals surface area contributed by atoms with Crippen molar-refractivity contribution in [3.05, 3.63) is 84.4 Å². The van der Waals surface area contributed by atoms with Crippen LogP contribution in [-0.2, 0) is 4.79 Å². The Hall–Kier alpha value is -3.27. The summed E-state index contributed by atoms with van der Waals surface area (Å²) in [4.78, 5) is 12.5. The first-order valence-corrected chi connectivity index (χ1v) is 8.48. The van der Waals surface area contributed by atoms with Crippen LogP contribution >= 0.6 is 0 Å². The number of aryl methyl sites for hydroxylation is 1. The Kier molecular flexibility index (Phi) is 5.54. The number of anilines is 1. The van der Waals surface area contributed by atoms with E-state index in [1.165, 1.54) is 0 Å². The van der Waals surface area contributed by atoms with E-state index in [1.54, 1.807) is 13.0 Å². The van der Waals surface area contributed by atoms with Gasteiger partial charge < -0.3 is 14.8 Å². The fourth-order valence-electron chi connectivity index (χ4n) is 2.38. The van der Waals surface area contributed by atoms with Gasteiger partial charge in [0.1, 0.15) is 11.5 Å². The molecule has 0 saturated carbocycles. The number of benzene rings is 3. The number of hydrogen-bond donors (Lipinski definition) is 1. The Morgan fingerprint density at radius 3 is 2.23 bits per heavy atom. The van der Waals surface area contributed by atoms with Crippen LogP contribution in [0.2, 0.25) is 0 Å². The zero-order valence-electron chi connectivity index (χ0n) is 14.8. The van der Waals surface area contributed by atoms with Gasteiger partial charge in [-0.15, -0.1) is 0 Å². The fourth-order valence-corrected chi connectivity index (χ4v) is 2.38. The maximum Gasteiger partial charge on any atom is 0.265 e. The van der Waals surface area contributed by atoms with E-state index >= 15 is 0 Å². The van der Waals surface area contributed by atoms with Gasteiger partial charge in [0, 0.05) is 0 Å². The molecule has 1 N–H and O–H groups in total. The van der Waals surface area contributed by atoms with E-state index in [9.17, 15) is 4.79 Å². The molecule has 0 bridgehead atoms. The Bertz CT molecular complexity index is 860. The van der Waals surface area contributed by atoms with Crippen molar-refractivity contribution in [3.8, 4) is 17.2 Å². The van der Waals surface area contributed by atoms with Gasteiger partial charge in [-0.3, -0.25) is 4.79 Å². The lowest BCUT2D eigenvalue weighted by Gasteiger charge is -2.17. The highest BCUT2D eigenvalue weighted by molar-refractivity contribution is 5.95. The average Bonchev–Trinajstić information content (AvgIpc) is 2.66. The molecule has 0 aliphatic carbocycles. The third kappa shape index (κ3) is 4.63. The second-order valence-corrected chi connectivity index (χ2v) is 5.97. The summed E-state index contributed by atoms with van der Waals surface area (Å²) in [5.74, 6) is 1.70. The second-order valence-electron chi connectivity index (χ2n) is 5.97. The zero-order valence-corrected chi connectivity index (χ0v) is 14.8. The molecule has 3 aromatic carbocycles. The average molecular weight is 347 g/mol. The molecule has 1 amide bonds. The number of rotatable bonds is 6. The number of carbonyl (C=O) groups is 1. The highest BCUT2D eigenvalue weighted by Gasteiger charge is 2.17. The Morgan fingerprint density at radius 1 is 0.846 bits per heavy atom. The minimum atomic E-state index is -0.637. The Morgan fingerprint density at radius 2 is 1.50 bits per heavy atom. The predicted molar refractivity (Wildman–Crippen MR) is 103 cm³/mol. The summed E-state index contributed by atoms with van der Waals surface area (Å²) < 4.78 is 11.6. The lowest BCUT2D eigenvalue weighted by Crippen LogP contribution is -2.30.